The number of hydrogen-bond acceptors (Lipinski definition) is 7. The number of rotatable bonds is 7. The Morgan fingerprint density at radius 3 is 2.68 bits per heavy atom. The van der Waals surface area contributed by atoms with Gasteiger partial charge >= 0.3 is 5.97 Å². The molecule has 1 aromatic heterocycles. The molecule has 0 amide bonds. The van der Waals surface area contributed by atoms with Gasteiger partial charge in [-0.15, -0.1) is 0 Å². The first kappa shape index (κ1) is 29.1. The molecule has 0 N–H and O–H groups in total. The maximum absolute atomic E-state index is 14.8. The van der Waals surface area contributed by atoms with Gasteiger partial charge in [0.15, 0.2) is 17.1 Å². The van der Waals surface area contributed by atoms with E-state index in [0.29, 0.717) is 40.9 Å². The second-order valence-corrected chi connectivity index (χ2v) is 12.5. The van der Waals surface area contributed by atoms with E-state index in [0.717, 1.165) is 67.1 Å². The van der Waals surface area contributed by atoms with Gasteiger partial charge in [-0.3, -0.25) is 4.90 Å². The zero-order valence-electron chi connectivity index (χ0n) is 24.9. The number of para-hydroxylation sites is 1. The maximum Gasteiger partial charge on any atom is 0.337 e. The molecule has 2 fully saturated rings. The second-order valence-electron chi connectivity index (χ2n) is 12.1. The van der Waals surface area contributed by atoms with E-state index in [1.807, 2.05) is 31.2 Å². The largest absolute Gasteiger partial charge is 0.485 e. The molecule has 44 heavy (non-hydrogen) atoms. The van der Waals surface area contributed by atoms with Crippen LogP contribution in [0.5, 0.6) is 11.5 Å². The number of carbonyl (C=O) groups is 1. The van der Waals surface area contributed by atoms with Crippen LogP contribution in [0.2, 0.25) is 5.02 Å². The number of aromatic nitrogens is 2. The van der Waals surface area contributed by atoms with Gasteiger partial charge in [0.25, 0.3) is 0 Å². The number of carbonyl (C=O) groups excluding carboxylic acids is 1. The van der Waals surface area contributed by atoms with Crippen molar-refractivity contribution in [2.75, 3.05) is 33.4 Å². The highest BCUT2D eigenvalue weighted by molar-refractivity contribution is 6.30. The molecule has 10 heteroatoms. The van der Waals surface area contributed by atoms with Gasteiger partial charge in [0.2, 0.25) is 0 Å². The van der Waals surface area contributed by atoms with Crippen molar-refractivity contribution >= 4 is 28.6 Å². The van der Waals surface area contributed by atoms with Crippen LogP contribution in [0.25, 0.3) is 11.0 Å². The summed E-state index contributed by atoms with van der Waals surface area (Å²) in [4.78, 5) is 19.6. The van der Waals surface area contributed by atoms with Crippen molar-refractivity contribution in [2.45, 2.75) is 56.9 Å². The van der Waals surface area contributed by atoms with Gasteiger partial charge in [0.1, 0.15) is 18.2 Å². The number of esters is 1. The molecule has 0 radical (unpaired) electrons. The van der Waals surface area contributed by atoms with E-state index in [1.165, 1.54) is 13.2 Å². The molecule has 0 unspecified atom stereocenters. The van der Waals surface area contributed by atoms with Crippen LogP contribution in [0, 0.1) is 5.82 Å². The van der Waals surface area contributed by atoms with Gasteiger partial charge in [0, 0.05) is 22.8 Å². The number of fused-ring (bicyclic) bond motifs is 2. The molecular weight excluding hydrogens is 585 g/mol. The average molecular weight is 620 g/mol. The van der Waals surface area contributed by atoms with Crippen molar-refractivity contribution in [3.63, 3.8) is 0 Å². The number of benzene rings is 3. The highest BCUT2D eigenvalue weighted by atomic mass is 35.5. The summed E-state index contributed by atoms with van der Waals surface area (Å²) in [5, 5.41) is 0.345. The SMILES string of the molecule is COC(=O)c1ccc2nc(CN3CCC(c4cccc5c4OC[C@](C)(c4ccc(Cl)cc4F)O5)CC3)n(C[C@@H]3CCO3)c2c1. The number of halogens is 2. The van der Waals surface area contributed by atoms with Crippen LogP contribution in [0.4, 0.5) is 4.39 Å². The van der Waals surface area contributed by atoms with E-state index in [1.54, 1.807) is 18.2 Å². The highest BCUT2D eigenvalue weighted by Gasteiger charge is 2.39. The Morgan fingerprint density at radius 1 is 1.14 bits per heavy atom. The smallest absolute Gasteiger partial charge is 0.337 e. The summed E-state index contributed by atoms with van der Waals surface area (Å²) in [5.74, 6) is 1.90. The number of piperidine rings is 1. The number of methoxy groups -OCH3 is 1. The Balaban J connectivity index is 1.07. The molecule has 3 aliphatic rings. The Hall–Kier alpha value is -3.66. The van der Waals surface area contributed by atoms with Gasteiger partial charge in [-0.25, -0.2) is 14.2 Å². The molecule has 2 saturated heterocycles. The first-order valence-electron chi connectivity index (χ1n) is 15.1. The summed E-state index contributed by atoms with van der Waals surface area (Å²) >= 11 is 5.98. The van der Waals surface area contributed by atoms with Gasteiger partial charge in [-0.1, -0.05) is 29.8 Å². The summed E-state index contributed by atoms with van der Waals surface area (Å²) < 4.78 is 40.4. The number of hydrogen-bond donors (Lipinski definition) is 0. The molecule has 4 heterocycles. The Labute approximate surface area is 260 Å². The maximum atomic E-state index is 14.8. The Bertz CT molecular complexity index is 1710. The minimum absolute atomic E-state index is 0.156. The molecule has 0 saturated carbocycles. The topological polar surface area (TPSA) is 75.0 Å². The van der Waals surface area contributed by atoms with Gasteiger partial charge in [0.05, 0.1) is 42.9 Å². The minimum atomic E-state index is -0.961. The monoisotopic (exact) mass is 619 g/mol. The minimum Gasteiger partial charge on any atom is -0.485 e. The number of imidazole rings is 1. The van der Waals surface area contributed by atoms with Crippen LogP contribution in [0.15, 0.2) is 54.6 Å². The molecular formula is C34H35ClFN3O5. The lowest BCUT2D eigenvalue weighted by Gasteiger charge is -2.38. The lowest BCUT2D eigenvalue weighted by molar-refractivity contribution is -0.0592. The zero-order valence-corrected chi connectivity index (χ0v) is 25.6. The van der Waals surface area contributed by atoms with Crippen LogP contribution in [-0.4, -0.2) is 59.9 Å². The molecule has 230 valence electrons. The van der Waals surface area contributed by atoms with E-state index < -0.39 is 11.4 Å². The first-order chi connectivity index (χ1) is 21.3. The van der Waals surface area contributed by atoms with Crippen LogP contribution in [-0.2, 0) is 28.2 Å². The number of likely N-dealkylation sites (tertiary alicyclic amines) is 1. The third-order valence-corrected chi connectivity index (χ3v) is 9.39. The van der Waals surface area contributed by atoms with Crippen molar-refractivity contribution in [1.29, 1.82) is 0 Å². The second kappa shape index (κ2) is 11.7. The normalized spacial score (nSPS) is 22.1. The lowest BCUT2D eigenvalue weighted by atomic mass is 9.87. The van der Waals surface area contributed by atoms with Crippen molar-refractivity contribution in [1.82, 2.24) is 14.5 Å². The number of nitrogens with zero attached hydrogens (tertiary/aromatic N) is 3. The van der Waals surface area contributed by atoms with E-state index in [9.17, 15) is 9.18 Å². The molecule has 8 nitrogen and oxygen atoms in total. The van der Waals surface area contributed by atoms with Crippen molar-refractivity contribution < 1.29 is 28.1 Å². The van der Waals surface area contributed by atoms with Crippen molar-refractivity contribution in [2.24, 2.45) is 0 Å². The van der Waals surface area contributed by atoms with Crippen molar-refractivity contribution in [3.8, 4) is 11.5 Å². The molecule has 3 aliphatic heterocycles. The average Bonchev–Trinajstić information content (AvgIpc) is 3.34. The predicted molar refractivity (Wildman–Crippen MR) is 164 cm³/mol. The fourth-order valence-electron chi connectivity index (χ4n) is 6.60. The molecule has 4 aromatic rings. The van der Waals surface area contributed by atoms with Crippen molar-refractivity contribution in [3.05, 3.63) is 88.0 Å². The molecule has 0 bridgehead atoms. The summed E-state index contributed by atoms with van der Waals surface area (Å²) in [7, 11) is 1.39. The summed E-state index contributed by atoms with van der Waals surface area (Å²) in [6.45, 7) is 6.04. The Kier molecular flexibility index (Phi) is 7.72. The third-order valence-electron chi connectivity index (χ3n) is 9.16. The van der Waals surface area contributed by atoms with Gasteiger partial charge < -0.3 is 23.5 Å². The van der Waals surface area contributed by atoms with Crippen LogP contribution in [0.1, 0.15) is 59.4 Å². The van der Waals surface area contributed by atoms with Gasteiger partial charge in [-0.2, -0.15) is 0 Å². The van der Waals surface area contributed by atoms with E-state index >= 15 is 0 Å². The molecule has 2 atom stereocenters. The lowest BCUT2D eigenvalue weighted by Crippen LogP contribution is -2.40. The van der Waals surface area contributed by atoms with E-state index in [2.05, 4.69) is 15.5 Å². The van der Waals surface area contributed by atoms with Crippen LogP contribution >= 0.6 is 11.6 Å². The predicted octanol–water partition coefficient (Wildman–Crippen LogP) is 6.47. The van der Waals surface area contributed by atoms with Crippen LogP contribution < -0.4 is 9.47 Å². The molecule has 7 rings (SSSR count). The molecule has 0 aliphatic carbocycles. The quantitative estimate of drug-likeness (QED) is 0.220. The molecule has 0 spiro atoms. The summed E-state index contributed by atoms with van der Waals surface area (Å²) in [5.41, 5.74) is 2.89. The fourth-order valence-corrected chi connectivity index (χ4v) is 6.76. The fraction of sp³-hybridized carbons (Fsp3) is 0.412. The van der Waals surface area contributed by atoms with E-state index in [4.69, 9.17) is 35.5 Å². The summed E-state index contributed by atoms with van der Waals surface area (Å²) in [6, 6.07) is 16.2. The standard InChI is InChI=1S/C34H35ClFN3O5/c1-34(26-8-7-23(35)17-27(26)36)20-43-32-25(4-3-5-30(32)44-34)21-10-13-38(14-11-21)19-31-37-28-9-6-22(33(40)41-2)16-29(28)39(31)18-24-12-15-42-24/h3-9,16-17,21,24H,10-15,18-20H2,1-2H3/t24-,34+/m0/s1. The number of ether oxygens (including phenoxy) is 4. The van der Waals surface area contributed by atoms with Gasteiger partial charge in [-0.05, 0) is 81.6 Å². The Morgan fingerprint density at radius 2 is 1.95 bits per heavy atom. The molecule has 3 aromatic carbocycles. The summed E-state index contributed by atoms with van der Waals surface area (Å²) in [6.07, 6.45) is 3.09. The van der Waals surface area contributed by atoms with Crippen LogP contribution in [0.3, 0.4) is 0 Å². The van der Waals surface area contributed by atoms with E-state index in [-0.39, 0.29) is 18.7 Å². The zero-order chi connectivity index (χ0) is 30.4. The first-order valence-corrected chi connectivity index (χ1v) is 15.5. The highest BCUT2D eigenvalue weighted by Crippen LogP contribution is 2.46. The third kappa shape index (κ3) is 5.42.